The summed E-state index contributed by atoms with van der Waals surface area (Å²) in [7, 11) is 0. The van der Waals surface area contributed by atoms with Crippen LogP contribution in [0.5, 0.6) is 0 Å². The van der Waals surface area contributed by atoms with Crippen molar-refractivity contribution in [3.63, 3.8) is 0 Å². The summed E-state index contributed by atoms with van der Waals surface area (Å²) < 4.78 is 0. The number of amides is 1. The van der Waals surface area contributed by atoms with Gasteiger partial charge in [-0.05, 0) is 68.3 Å². The maximum atomic E-state index is 12.6. The summed E-state index contributed by atoms with van der Waals surface area (Å²) in [6, 6.07) is 13.0. The van der Waals surface area contributed by atoms with Crippen molar-refractivity contribution < 1.29 is 4.79 Å². The zero-order chi connectivity index (χ0) is 18.7. The van der Waals surface area contributed by atoms with E-state index in [2.05, 4.69) is 15.3 Å². The van der Waals surface area contributed by atoms with E-state index in [0.29, 0.717) is 16.3 Å². The normalized spacial score (nSPS) is 10.6. The lowest BCUT2D eigenvalue weighted by Crippen LogP contribution is -2.14. The second-order valence-electron chi connectivity index (χ2n) is 6.16. The number of rotatable bonds is 4. The Kier molecular flexibility index (Phi) is 5.33. The molecule has 0 spiro atoms. The number of pyridine rings is 2. The second-order valence-corrected chi connectivity index (χ2v) is 6.56. The van der Waals surface area contributed by atoms with E-state index in [1.165, 1.54) is 0 Å². The summed E-state index contributed by atoms with van der Waals surface area (Å²) >= 11 is 6.33. The molecule has 2 aromatic heterocycles. The molecule has 0 fully saturated rings. The highest BCUT2D eigenvalue weighted by atomic mass is 35.5. The first-order valence-electron chi connectivity index (χ1n) is 8.48. The molecular weight excluding hydrogens is 346 g/mol. The van der Waals surface area contributed by atoms with Gasteiger partial charge >= 0.3 is 0 Å². The Labute approximate surface area is 158 Å². The molecule has 0 saturated heterocycles. The Bertz CT molecular complexity index is 969. The van der Waals surface area contributed by atoms with Crippen molar-refractivity contribution in [1.82, 2.24) is 9.97 Å². The minimum absolute atomic E-state index is 0.192. The van der Waals surface area contributed by atoms with Gasteiger partial charge in [-0.2, -0.15) is 0 Å². The molecule has 0 bridgehead atoms. The van der Waals surface area contributed by atoms with E-state index in [0.717, 1.165) is 34.6 Å². The summed E-state index contributed by atoms with van der Waals surface area (Å²) in [5.41, 5.74) is 5.57. The van der Waals surface area contributed by atoms with E-state index in [-0.39, 0.29) is 5.91 Å². The van der Waals surface area contributed by atoms with Crippen molar-refractivity contribution in [3.8, 4) is 11.3 Å². The standard InChI is InChI=1S/C21H20ClN3O/c1-4-15-5-7-17(14(3)24-15)21(26)25-16-6-8-19(22)18(12-16)20-11-13(2)9-10-23-20/h5-12H,4H2,1-3H3,(H,25,26). The number of carbonyl (C=O) groups excluding carboxylic acids is 1. The Morgan fingerprint density at radius 3 is 2.62 bits per heavy atom. The molecule has 132 valence electrons. The summed E-state index contributed by atoms with van der Waals surface area (Å²) in [5.74, 6) is -0.192. The van der Waals surface area contributed by atoms with Gasteiger partial charge in [-0.1, -0.05) is 18.5 Å². The first-order valence-corrected chi connectivity index (χ1v) is 8.86. The maximum absolute atomic E-state index is 12.6. The van der Waals surface area contributed by atoms with Crippen molar-refractivity contribution in [1.29, 1.82) is 0 Å². The fraction of sp³-hybridized carbons (Fsp3) is 0.190. The van der Waals surface area contributed by atoms with Crippen molar-refractivity contribution in [2.75, 3.05) is 5.32 Å². The van der Waals surface area contributed by atoms with E-state index in [1.807, 2.05) is 51.1 Å². The van der Waals surface area contributed by atoms with E-state index in [1.54, 1.807) is 18.3 Å². The minimum Gasteiger partial charge on any atom is -0.322 e. The third-order valence-electron chi connectivity index (χ3n) is 4.17. The predicted octanol–water partition coefficient (Wildman–Crippen LogP) is 5.23. The van der Waals surface area contributed by atoms with Crippen LogP contribution in [0.3, 0.4) is 0 Å². The lowest BCUT2D eigenvalue weighted by molar-refractivity contribution is 0.102. The van der Waals surface area contributed by atoms with E-state index < -0.39 is 0 Å². The summed E-state index contributed by atoms with van der Waals surface area (Å²) in [6.07, 6.45) is 2.59. The van der Waals surface area contributed by atoms with Crippen LogP contribution in [0.2, 0.25) is 5.02 Å². The van der Waals surface area contributed by atoms with Crippen molar-refractivity contribution in [2.24, 2.45) is 0 Å². The predicted molar refractivity (Wildman–Crippen MR) is 106 cm³/mol. The van der Waals surface area contributed by atoms with Crippen LogP contribution in [0.4, 0.5) is 5.69 Å². The molecule has 0 atom stereocenters. The van der Waals surface area contributed by atoms with Gasteiger partial charge in [0.25, 0.3) is 5.91 Å². The van der Waals surface area contributed by atoms with E-state index in [4.69, 9.17) is 11.6 Å². The molecule has 1 aromatic carbocycles. The van der Waals surface area contributed by atoms with Crippen LogP contribution < -0.4 is 5.32 Å². The number of aryl methyl sites for hydroxylation is 3. The van der Waals surface area contributed by atoms with Crippen LogP contribution in [0.15, 0.2) is 48.7 Å². The number of aromatic nitrogens is 2. The smallest absolute Gasteiger partial charge is 0.257 e. The number of nitrogens with one attached hydrogen (secondary N) is 1. The molecule has 3 aromatic rings. The molecule has 0 radical (unpaired) electrons. The lowest BCUT2D eigenvalue weighted by atomic mass is 10.1. The van der Waals surface area contributed by atoms with E-state index in [9.17, 15) is 4.79 Å². The number of hydrogen-bond donors (Lipinski definition) is 1. The molecule has 0 saturated carbocycles. The molecule has 0 aliphatic carbocycles. The Morgan fingerprint density at radius 1 is 1.12 bits per heavy atom. The topological polar surface area (TPSA) is 54.9 Å². The van der Waals surface area contributed by atoms with Crippen LogP contribution in [0.1, 0.15) is 34.2 Å². The molecule has 1 N–H and O–H groups in total. The van der Waals surface area contributed by atoms with Gasteiger partial charge < -0.3 is 5.32 Å². The highest BCUT2D eigenvalue weighted by Crippen LogP contribution is 2.30. The molecule has 0 aliphatic heterocycles. The number of nitrogens with zero attached hydrogens (tertiary/aromatic N) is 2. The average molecular weight is 366 g/mol. The van der Waals surface area contributed by atoms with Crippen LogP contribution in [0.25, 0.3) is 11.3 Å². The van der Waals surface area contributed by atoms with Gasteiger partial charge in [0.1, 0.15) is 0 Å². The Balaban J connectivity index is 1.89. The summed E-state index contributed by atoms with van der Waals surface area (Å²) in [6.45, 7) is 5.88. The van der Waals surface area contributed by atoms with Gasteiger partial charge in [-0.25, -0.2) is 0 Å². The quantitative estimate of drug-likeness (QED) is 0.688. The van der Waals surface area contributed by atoms with Crippen molar-refractivity contribution in [2.45, 2.75) is 27.2 Å². The van der Waals surface area contributed by atoms with Crippen LogP contribution in [-0.2, 0) is 6.42 Å². The number of carbonyl (C=O) groups is 1. The van der Waals surface area contributed by atoms with Crippen LogP contribution in [0, 0.1) is 13.8 Å². The third-order valence-corrected chi connectivity index (χ3v) is 4.50. The van der Waals surface area contributed by atoms with Gasteiger partial charge in [0, 0.05) is 23.1 Å². The Morgan fingerprint density at radius 2 is 1.92 bits per heavy atom. The van der Waals surface area contributed by atoms with Crippen molar-refractivity contribution >= 4 is 23.2 Å². The molecule has 0 aliphatic rings. The van der Waals surface area contributed by atoms with Crippen LogP contribution in [-0.4, -0.2) is 15.9 Å². The van der Waals surface area contributed by atoms with E-state index >= 15 is 0 Å². The summed E-state index contributed by atoms with van der Waals surface area (Å²) in [5, 5.41) is 3.51. The minimum atomic E-state index is -0.192. The largest absolute Gasteiger partial charge is 0.322 e. The fourth-order valence-corrected chi connectivity index (χ4v) is 2.95. The third kappa shape index (κ3) is 3.92. The Hall–Kier alpha value is -2.72. The number of benzene rings is 1. The molecule has 3 rings (SSSR count). The van der Waals surface area contributed by atoms with Gasteiger partial charge in [0.05, 0.1) is 22.0 Å². The highest BCUT2D eigenvalue weighted by molar-refractivity contribution is 6.33. The highest BCUT2D eigenvalue weighted by Gasteiger charge is 2.13. The molecule has 26 heavy (non-hydrogen) atoms. The monoisotopic (exact) mass is 365 g/mol. The van der Waals surface area contributed by atoms with Crippen LogP contribution >= 0.6 is 11.6 Å². The number of anilines is 1. The van der Waals surface area contributed by atoms with Gasteiger partial charge in [-0.3, -0.25) is 14.8 Å². The molecule has 1 amide bonds. The zero-order valence-corrected chi connectivity index (χ0v) is 15.8. The second kappa shape index (κ2) is 7.67. The molecule has 2 heterocycles. The van der Waals surface area contributed by atoms with Crippen molar-refractivity contribution in [3.05, 3.63) is 76.2 Å². The maximum Gasteiger partial charge on any atom is 0.257 e. The average Bonchev–Trinajstić information content (AvgIpc) is 2.63. The molecule has 4 nitrogen and oxygen atoms in total. The lowest BCUT2D eigenvalue weighted by Gasteiger charge is -2.11. The summed E-state index contributed by atoms with van der Waals surface area (Å²) in [4.78, 5) is 21.4. The van der Waals surface area contributed by atoms with Gasteiger partial charge in [0.15, 0.2) is 0 Å². The number of halogens is 1. The molecular formula is C21H20ClN3O. The number of hydrogen-bond acceptors (Lipinski definition) is 3. The van der Waals surface area contributed by atoms with Gasteiger partial charge in [-0.15, -0.1) is 0 Å². The first-order chi connectivity index (χ1) is 12.5. The SMILES string of the molecule is CCc1ccc(C(=O)Nc2ccc(Cl)c(-c3cc(C)ccn3)c2)c(C)n1. The first kappa shape index (κ1) is 18.1. The molecule has 5 heteroatoms. The van der Waals surface area contributed by atoms with Gasteiger partial charge in [0.2, 0.25) is 0 Å². The fourth-order valence-electron chi connectivity index (χ4n) is 2.73. The molecule has 0 unspecified atom stereocenters. The zero-order valence-electron chi connectivity index (χ0n) is 15.0.